The van der Waals surface area contributed by atoms with E-state index >= 15 is 0 Å². The monoisotopic (exact) mass is 255 g/mol. The molecular formula is C15H10FNO2. The molecule has 0 aliphatic heterocycles. The summed E-state index contributed by atoms with van der Waals surface area (Å²) in [6.45, 7) is 1.81. The zero-order valence-electron chi connectivity index (χ0n) is 10.2. The zero-order chi connectivity index (χ0) is 13.4. The van der Waals surface area contributed by atoms with Gasteiger partial charge in [0.05, 0.1) is 0 Å². The molecule has 0 amide bonds. The Morgan fingerprint density at radius 2 is 2.11 bits per heavy atom. The first-order chi connectivity index (χ1) is 9.15. The van der Waals surface area contributed by atoms with E-state index in [4.69, 9.17) is 4.42 Å². The van der Waals surface area contributed by atoms with E-state index in [2.05, 4.69) is 4.98 Å². The summed E-state index contributed by atoms with van der Waals surface area (Å²) in [4.78, 5) is 16.3. The fourth-order valence-electron chi connectivity index (χ4n) is 1.97. The van der Waals surface area contributed by atoms with Crippen LogP contribution in [0.4, 0.5) is 4.39 Å². The SMILES string of the molecule is Cc1cccnc1C(=O)c1cc2cc(F)ccc2o1. The second-order valence-electron chi connectivity index (χ2n) is 4.29. The summed E-state index contributed by atoms with van der Waals surface area (Å²) in [7, 11) is 0. The Balaban J connectivity index is 2.09. The number of carbonyl (C=O) groups is 1. The van der Waals surface area contributed by atoms with E-state index in [9.17, 15) is 9.18 Å². The maximum absolute atomic E-state index is 13.1. The fraction of sp³-hybridized carbons (Fsp3) is 0.0667. The van der Waals surface area contributed by atoms with Crippen molar-refractivity contribution in [3.8, 4) is 0 Å². The first-order valence-electron chi connectivity index (χ1n) is 5.80. The number of fused-ring (bicyclic) bond motifs is 1. The van der Waals surface area contributed by atoms with Crippen LogP contribution in [0.2, 0.25) is 0 Å². The van der Waals surface area contributed by atoms with Crippen LogP contribution in [0, 0.1) is 12.7 Å². The Morgan fingerprint density at radius 3 is 2.89 bits per heavy atom. The Bertz CT molecular complexity index is 777. The quantitative estimate of drug-likeness (QED) is 0.658. The number of ketones is 1. The lowest BCUT2D eigenvalue weighted by atomic mass is 10.1. The smallest absolute Gasteiger partial charge is 0.246 e. The molecule has 94 valence electrons. The molecule has 0 fully saturated rings. The van der Waals surface area contributed by atoms with E-state index < -0.39 is 0 Å². The molecule has 3 aromatic rings. The van der Waals surface area contributed by atoms with Crippen molar-refractivity contribution in [2.45, 2.75) is 6.92 Å². The van der Waals surface area contributed by atoms with E-state index in [0.29, 0.717) is 16.7 Å². The van der Waals surface area contributed by atoms with Gasteiger partial charge in [-0.3, -0.25) is 9.78 Å². The predicted molar refractivity (Wildman–Crippen MR) is 68.6 cm³/mol. The molecule has 0 unspecified atom stereocenters. The number of carbonyl (C=O) groups excluding carboxylic acids is 1. The molecular weight excluding hydrogens is 245 g/mol. The largest absolute Gasteiger partial charge is 0.453 e. The average molecular weight is 255 g/mol. The van der Waals surface area contributed by atoms with Crippen molar-refractivity contribution in [3.05, 3.63) is 65.4 Å². The van der Waals surface area contributed by atoms with Gasteiger partial charge in [-0.2, -0.15) is 0 Å². The van der Waals surface area contributed by atoms with E-state index in [1.807, 2.05) is 13.0 Å². The summed E-state index contributed by atoms with van der Waals surface area (Å²) >= 11 is 0. The lowest BCUT2D eigenvalue weighted by molar-refractivity contribution is 0.101. The zero-order valence-corrected chi connectivity index (χ0v) is 10.2. The summed E-state index contributed by atoms with van der Waals surface area (Å²) in [5.74, 6) is -0.488. The molecule has 2 aromatic heterocycles. The highest BCUT2D eigenvalue weighted by atomic mass is 19.1. The van der Waals surface area contributed by atoms with Gasteiger partial charge < -0.3 is 4.42 Å². The van der Waals surface area contributed by atoms with Crippen molar-refractivity contribution in [1.29, 1.82) is 0 Å². The van der Waals surface area contributed by atoms with Crippen LogP contribution in [0.1, 0.15) is 21.8 Å². The van der Waals surface area contributed by atoms with Crippen LogP contribution in [0.25, 0.3) is 11.0 Å². The Hall–Kier alpha value is -2.49. The number of benzene rings is 1. The Morgan fingerprint density at radius 1 is 1.26 bits per heavy atom. The van der Waals surface area contributed by atoms with E-state index in [0.717, 1.165) is 5.56 Å². The molecule has 0 aliphatic rings. The fourth-order valence-corrected chi connectivity index (χ4v) is 1.97. The minimum absolute atomic E-state index is 0.169. The van der Waals surface area contributed by atoms with Gasteiger partial charge in [-0.25, -0.2) is 4.39 Å². The maximum atomic E-state index is 13.1. The van der Waals surface area contributed by atoms with Crippen LogP contribution in [0.3, 0.4) is 0 Å². The minimum Gasteiger partial charge on any atom is -0.453 e. The number of nitrogens with zero attached hydrogens (tertiary/aromatic N) is 1. The van der Waals surface area contributed by atoms with Gasteiger partial charge in [-0.05, 0) is 42.8 Å². The number of rotatable bonds is 2. The lowest BCUT2D eigenvalue weighted by Gasteiger charge is -1.99. The van der Waals surface area contributed by atoms with Crippen LogP contribution >= 0.6 is 0 Å². The van der Waals surface area contributed by atoms with Crippen LogP contribution < -0.4 is 0 Å². The molecule has 0 spiro atoms. The summed E-state index contributed by atoms with van der Waals surface area (Å²) in [6, 6.07) is 9.25. The highest BCUT2D eigenvalue weighted by Gasteiger charge is 2.17. The van der Waals surface area contributed by atoms with Gasteiger partial charge in [-0.15, -0.1) is 0 Å². The number of halogens is 1. The van der Waals surface area contributed by atoms with Crippen molar-refractivity contribution >= 4 is 16.8 Å². The molecule has 0 radical (unpaired) electrons. The topological polar surface area (TPSA) is 43.1 Å². The summed E-state index contributed by atoms with van der Waals surface area (Å²) in [5.41, 5.74) is 1.61. The van der Waals surface area contributed by atoms with Gasteiger partial charge in [0.1, 0.15) is 17.1 Å². The Labute approximate surface area is 108 Å². The second kappa shape index (κ2) is 4.31. The average Bonchev–Trinajstić information content (AvgIpc) is 2.81. The van der Waals surface area contributed by atoms with Crippen LogP contribution in [0.5, 0.6) is 0 Å². The van der Waals surface area contributed by atoms with Crippen molar-refractivity contribution < 1.29 is 13.6 Å². The van der Waals surface area contributed by atoms with E-state index in [1.165, 1.54) is 24.3 Å². The lowest BCUT2D eigenvalue weighted by Crippen LogP contribution is -2.04. The molecule has 3 nitrogen and oxygen atoms in total. The predicted octanol–water partition coefficient (Wildman–Crippen LogP) is 3.51. The molecule has 0 atom stereocenters. The molecule has 0 saturated carbocycles. The number of hydrogen-bond acceptors (Lipinski definition) is 3. The minimum atomic E-state index is -0.360. The Kier molecular flexibility index (Phi) is 2.63. The molecule has 3 rings (SSSR count). The molecule has 0 N–H and O–H groups in total. The molecule has 4 heteroatoms. The number of aromatic nitrogens is 1. The van der Waals surface area contributed by atoms with Crippen LogP contribution in [-0.4, -0.2) is 10.8 Å². The maximum Gasteiger partial charge on any atom is 0.246 e. The van der Waals surface area contributed by atoms with E-state index in [1.54, 1.807) is 12.3 Å². The third-order valence-corrected chi connectivity index (χ3v) is 2.93. The third-order valence-electron chi connectivity index (χ3n) is 2.93. The van der Waals surface area contributed by atoms with Crippen molar-refractivity contribution in [1.82, 2.24) is 4.98 Å². The first kappa shape index (κ1) is 11.6. The van der Waals surface area contributed by atoms with Crippen LogP contribution in [-0.2, 0) is 0 Å². The molecule has 2 heterocycles. The molecule has 0 saturated heterocycles. The van der Waals surface area contributed by atoms with Gasteiger partial charge in [0.2, 0.25) is 5.78 Å². The van der Waals surface area contributed by atoms with Gasteiger partial charge >= 0.3 is 0 Å². The summed E-state index contributed by atoms with van der Waals surface area (Å²) in [6.07, 6.45) is 1.56. The normalized spacial score (nSPS) is 10.8. The molecule has 19 heavy (non-hydrogen) atoms. The standard InChI is InChI=1S/C15H10FNO2/c1-9-3-2-6-17-14(9)15(18)13-8-10-7-11(16)4-5-12(10)19-13/h2-8H,1H3. The molecule has 0 bridgehead atoms. The van der Waals surface area contributed by atoms with Crippen molar-refractivity contribution in [2.24, 2.45) is 0 Å². The number of aryl methyl sites for hydroxylation is 1. The van der Waals surface area contributed by atoms with E-state index in [-0.39, 0.29) is 17.4 Å². The van der Waals surface area contributed by atoms with Gasteiger partial charge in [0.15, 0.2) is 5.76 Å². The van der Waals surface area contributed by atoms with Crippen molar-refractivity contribution in [2.75, 3.05) is 0 Å². The summed E-state index contributed by atoms with van der Waals surface area (Å²) in [5, 5.41) is 0.567. The second-order valence-corrected chi connectivity index (χ2v) is 4.29. The number of hydrogen-bond donors (Lipinski definition) is 0. The highest BCUT2D eigenvalue weighted by Crippen LogP contribution is 2.22. The summed E-state index contributed by atoms with van der Waals surface area (Å²) < 4.78 is 18.5. The van der Waals surface area contributed by atoms with Crippen LogP contribution in [0.15, 0.2) is 47.0 Å². The molecule has 0 aliphatic carbocycles. The number of furan rings is 1. The molecule has 1 aromatic carbocycles. The third kappa shape index (κ3) is 2.01. The first-order valence-corrected chi connectivity index (χ1v) is 5.80. The number of pyridine rings is 1. The van der Waals surface area contributed by atoms with Gasteiger partial charge in [0.25, 0.3) is 0 Å². The van der Waals surface area contributed by atoms with Gasteiger partial charge in [-0.1, -0.05) is 6.07 Å². The highest BCUT2D eigenvalue weighted by molar-refractivity contribution is 6.08. The van der Waals surface area contributed by atoms with Gasteiger partial charge in [0, 0.05) is 11.6 Å². The van der Waals surface area contributed by atoms with Crippen molar-refractivity contribution in [3.63, 3.8) is 0 Å².